The molecule has 8 nitrogen and oxygen atoms in total. The third-order valence-electron chi connectivity index (χ3n) is 5.37. The van der Waals surface area contributed by atoms with Crippen molar-refractivity contribution in [2.75, 3.05) is 6.54 Å². The lowest BCUT2D eigenvalue weighted by Crippen LogP contribution is -2.49. The fourth-order valence-corrected chi connectivity index (χ4v) is 4.02. The molecule has 176 valence electrons. The van der Waals surface area contributed by atoms with Crippen LogP contribution in [0, 0.1) is 0 Å². The first-order valence-electron chi connectivity index (χ1n) is 10.8. The maximum atomic E-state index is 12.9. The summed E-state index contributed by atoms with van der Waals surface area (Å²) < 4.78 is 6.07. The van der Waals surface area contributed by atoms with Gasteiger partial charge in [0.2, 0.25) is 5.91 Å². The lowest BCUT2D eigenvalue weighted by atomic mass is 10.0. The van der Waals surface area contributed by atoms with Gasteiger partial charge in [-0.1, -0.05) is 53.7 Å². The number of hydrogen-bond acceptors (Lipinski definition) is 6. The summed E-state index contributed by atoms with van der Waals surface area (Å²) in [5, 5.41) is 20.9. The zero-order valence-corrected chi connectivity index (χ0v) is 19.8. The Morgan fingerprint density at radius 2 is 1.82 bits per heavy atom. The van der Waals surface area contributed by atoms with Gasteiger partial charge in [-0.2, -0.15) is 0 Å². The first-order chi connectivity index (χ1) is 16.5. The summed E-state index contributed by atoms with van der Waals surface area (Å²) in [6.07, 6.45) is -0.185. The SMILES string of the molecule is O=C(N[C@@H](Cc1ccc(O)cc1)C(=O)NCC1CC(Br)=NO1)OCc1ccc2ccccc2c1. The molecule has 3 aromatic carbocycles. The molecule has 4 rings (SSSR count). The van der Waals surface area contributed by atoms with Gasteiger partial charge in [-0.15, -0.1) is 0 Å². The second-order valence-corrected chi connectivity index (χ2v) is 8.88. The van der Waals surface area contributed by atoms with E-state index in [4.69, 9.17) is 9.57 Å². The first kappa shape index (κ1) is 23.6. The van der Waals surface area contributed by atoms with Gasteiger partial charge in [-0.3, -0.25) is 4.79 Å². The molecular weight excluding hydrogens is 502 g/mol. The molecule has 2 amide bonds. The van der Waals surface area contributed by atoms with Crippen molar-refractivity contribution in [3.05, 3.63) is 77.9 Å². The van der Waals surface area contributed by atoms with Crippen molar-refractivity contribution in [2.45, 2.75) is 31.6 Å². The Bertz CT molecular complexity index is 1200. The number of amides is 2. The number of halogens is 1. The van der Waals surface area contributed by atoms with E-state index in [9.17, 15) is 14.7 Å². The van der Waals surface area contributed by atoms with Gasteiger partial charge in [0.05, 0.1) is 6.54 Å². The molecule has 3 N–H and O–H groups in total. The monoisotopic (exact) mass is 525 g/mol. The number of hydrogen-bond donors (Lipinski definition) is 3. The van der Waals surface area contributed by atoms with Crippen molar-refractivity contribution in [2.24, 2.45) is 5.16 Å². The molecular formula is C25H24BrN3O5. The number of nitrogens with zero attached hydrogens (tertiary/aromatic N) is 1. The Balaban J connectivity index is 1.36. The number of nitrogens with one attached hydrogen (secondary N) is 2. The standard InChI is InChI=1S/C25H24BrN3O5/c26-23-13-21(34-29-23)14-27-24(31)22(12-16-6-9-20(30)10-7-16)28-25(32)33-15-17-5-8-18-3-1-2-4-19(18)11-17/h1-11,21-22,30H,12-15H2,(H,27,31)(H,28,32)/t21?,22-/m0/s1. The highest BCUT2D eigenvalue weighted by Crippen LogP contribution is 2.17. The molecule has 3 aromatic rings. The van der Waals surface area contributed by atoms with Crippen molar-refractivity contribution in [3.8, 4) is 5.75 Å². The van der Waals surface area contributed by atoms with Gasteiger partial charge in [0.1, 0.15) is 23.0 Å². The van der Waals surface area contributed by atoms with Crippen LogP contribution in [-0.4, -0.2) is 40.4 Å². The molecule has 1 aliphatic rings. The molecule has 1 aliphatic heterocycles. The van der Waals surface area contributed by atoms with Crippen LogP contribution in [0.1, 0.15) is 17.5 Å². The third-order valence-corrected chi connectivity index (χ3v) is 5.84. The molecule has 0 fully saturated rings. The Morgan fingerprint density at radius 3 is 2.56 bits per heavy atom. The van der Waals surface area contributed by atoms with Gasteiger partial charge in [0.25, 0.3) is 0 Å². The van der Waals surface area contributed by atoms with Crippen LogP contribution in [0.25, 0.3) is 10.8 Å². The van der Waals surface area contributed by atoms with Crippen molar-refractivity contribution in [1.82, 2.24) is 10.6 Å². The van der Waals surface area contributed by atoms with E-state index in [1.165, 1.54) is 12.1 Å². The minimum absolute atomic E-state index is 0.0749. The van der Waals surface area contributed by atoms with E-state index in [1.807, 2.05) is 42.5 Å². The van der Waals surface area contributed by atoms with E-state index in [-0.39, 0.29) is 37.3 Å². The highest BCUT2D eigenvalue weighted by atomic mass is 79.9. The quantitative estimate of drug-likeness (QED) is 0.411. The number of alkyl carbamates (subject to hydrolysis) is 1. The molecule has 1 unspecified atom stereocenters. The van der Waals surface area contributed by atoms with Gasteiger partial charge in [0, 0.05) is 12.8 Å². The molecule has 9 heteroatoms. The van der Waals surface area contributed by atoms with Crippen LogP contribution in [0.3, 0.4) is 0 Å². The lowest BCUT2D eigenvalue weighted by molar-refractivity contribution is -0.123. The maximum Gasteiger partial charge on any atom is 0.408 e. The third kappa shape index (κ3) is 6.48. The summed E-state index contributed by atoms with van der Waals surface area (Å²) in [5.41, 5.74) is 1.62. The number of phenols is 1. The highest BCUT2D eigenvalue weighted by Gasteiger charge is 2.25. The van der Waals surface area contributed by atoms with Gasteiger partial charge >= 0.3 is 6.09 Å². The van der Waals surface area contributed by atoms with Crippen LogP contribution in [-0.2, 0) is 27.4 Å². The number of rotatable bonds is 8. The molecule has 0 aliphatic carbocycles. The number of ether oxygens (including phenoxy) is 1. The van der Waals surface area contributed by atoms with Crippen molar-refractivity contribution >= 4 is 43.3 Å². The average Bonchev–Trinajstić information content (AvgIpc) is 3.27. The van der Waals surface area contributed by atoms with Gasteiger partial charge in [-0.25, -0.2) is 4.79 Å². The smallest absolute Gasteiger partial charge is 0.408 e. The topological polar surface area (TPSA) is 109 Å². The number of aromatic hydroxyl groups is 1. The Morgan fingerprint density at radius 1 is 1.09 bits per heavy atom. The Labute approximate surface area is 205 Å². The van der Waals surface area contributed by atoms with Crippen molar-refractivity contribution in [1.29, 1.82) is 0 Å². The second kappa shape index (κ2) is 11.0. The fraction of sp³-hybridized carbons (Fsp3) is 0.240. The average molecular weight is 526 g/mol. The molecule has 0 radical (unpaired) electrons. The number of carbonyl (C=O) groups is 2. The van der Waals surface area contributed by atoms with Gasteiger partial charge in [-0.05, 0) is 56.0 Å². The number of oxime groups is 1. The van der Waals surface area contributed by atoms with E-state index in [1.54, 1.807) is 12.1 Å². The second-order valence-electron chi connectivity index (χ2n) is 7.97. The normalized spacial score (nSPS) is 15.8. The van der Waals surface area contributed by atoms with Crippen LogP contribution in [0.2, 0.25) is 0 Å². The van der Waals surface area contributed by atoms with Crippen molar-refractivity contribution < 1.29 is 24.3 Å². The largest absolute Gasteiger partial charge is 0.508 e. The predicted octanol–water partition coefficient (Wildman–Crippen LogP) is 4.00. The molecule has 1 heterocycles. The van der Waals surface area contributed by atoms with E-state index in [0.29, 0.717) is 11.0 Å². The van der Waals surface area contributed by atoms with Crippen LogP contribution < -0.4 is 10.6 Å². The van der Waals surface area contributed by atoms with E-state index in [0.717, 1.165) is 21.9 Å². The summed E-state index contributed by atoms with van der Waals surface area (Å²) in [4.78, 5) is 30.6. The Hall–Kier alpha value is -3.59. The van der Waals surface area contributed by atoms with Gasteiger partial charge < -0.3 is 25.3 Å². The van der Waals surface area contributed by atoms with Crippen LogP contribution in [0.4, 0.5) is 4.79 Å². The predicted molar refractivity (Wildman–Crippen MR) is 132 cm³/mol. The van der Waals surface area contributed by atoms with Crippen LogP contribution >= 0.6 is 15.9 Å². The summed E-state index contributed by atoms with van der Waals surface area (Å²) in [6.45, 7) is 0.322. The Kier molecular flexibility index (Phi) is 7.64. The summed E-state index contributed by atoms with van der Waals surface area (Å²) in [5.74, 6) is -0.251. The number of phenolic OH excluding ortho intramolecular Hbond substituents is 1. The minimum Gasteiger partial charge on any atom is -0.508 e. The van der Waals surface area contributed by atoms with Gasteiger partial charge in [0.15, 0.2) is 6.10 Å². The van der Waals surface area contributed by atoms with E-state index >= 15 is 0 Å². The minimum atomic E-state index is -0.876. The maximum absolute atomic E-state index is 12.9. The van der Waals surface area contributed by atoms with E-state index in [2.05, 4.69) is 31.7 Å². The summed E-state index contributed by atoms with van der Waals surface area (Å²) in [6, 6.07) is 19.3. The number of carbonyl (C=O) groups excluding carboxylic acids is 2. The zero-order valence-electron chi connectivity index (χ0n) is 18.2. The molecule has 0 bridgehead atoms. The molecule has 0 aromatic heterocycles. The zero-order chi connectivity index (χ0) is 23.9. The first-order valence-corrected chi connectivity index (χ1v) is 11.6. The summed E-state index contributed by atoms with van der Waals surface area (Å²) >= 11 is 3.27. The summed E-state index contributed by atoms with van der Waals surface area (Å²) in [7, 11) is 0. The van der Waals surface area contributed by atoms with Crippen LogP contribution in [0.15, 0.2) is 71.9 Å². The van der Waals surface area contributed by atoms with Crippen molar-refractivity contribution in [3.63, 3.8) is 0 Å². The number of benzene rings is 3. The van der Waals surface area contributed by atoms with Crippen LogP contribution in [0.5, 0.6) is 5.75 Å². The number of fused-ring (bicyclic) bond motifs is 1. The molecule has 0 saturated carbocycles. The molecule has 0 spiro atoms. The molecule has 34 heavy (non-hydrogen) atoms. The fourth-order valence-electron chi connectivity index (χ4n) is 3.58. The molecule has 0 saturated heterocycles. The van der Waals surface area contributed by atoms with E-state index < -0.39 is 12.1 Å². The lowest BCUT2D eigenvalue weighted by Gasteiger charge is -2.19. The molecule has 2 atom stereocenters. The highest BCUT2D eigenvalue weighted by molar-refractivity contribution is 9.18.